The summed E-state index contributed by atoms with van der Waals surface area (Å²) in [7, 11) is 1.57. The highest BCUT2D eigenvalue weighted by Gasteiger charge is 2.39. The van der Waals surface area contributed by atoms with Crippen molar-refractivity contribution in [2.75, 3.05) is 25.6 Å². The van der Waals surface area contributed by atoms with Gasteiger partial charge in [0.25, 0.3) is 0 Å². The topological polar surface area (TPSA) is 71.0 Å². The molecule has 0 saturated carbocycles. The molecule has 8 heteroatoms. The van der Waals surface area contributed by atoms with Crippen LogP contribution >= 0.6 is 11.8 Å². The summed E-state index contributed by atoms with van der Waals surface area (Å²) in [6.07, 6.45) is -0.00384. The molecule has 3 rings (SSSR count). The van der Waals surface area contributed by atoms with Gasteiger partial charge in [-0.1, -0.05) is 30.0 Å². The largest absolute Gasteiger partial charge is 0.383 e. The highest BCUT2D eigenvalue weighted by atomic mass is 32.2. The SMILES string of the molecule is COCCN1C(=O)C(CC(=O)Nc2ccc(F)cc2)SC1=Nc1c(C)cccc1C. The summed E-state index contributed by atoms with van der Waals surface area (Å²) in [6, 6.07) is 11.4. The molecular weight excluding hydrogens is 405 g/mol. The average molecular weight is 430 g/mol. The minimum atomic E-state index is -0.578. The molecule has 2 aromatic carbocycles. The smallest absolute Gasteiger partial charge is 0.242 e. The second-order valence-corrected chi connectivity index (χ2v) is 8.15. The van der Waals surface area contributed by atoms with Gasteiger partial charge in [0.2, 0.25) is 11.8 Å². The fourth-order valence-electron chi connectivity index (χ4n) is 3.10. The monoisotopic (exact) mass is 429 g/mol. The Hall–Kier alpha value is -2.71. The van der Waals surface area contributed by atoms with Gasteiger partial charge in [-0.15, -0.1) is 0 Å². The number of aliphatic imine (C=N–C) groups is 1. The number of rotatable bonds is 7. The number of carbonyl (C=O) groups is 2. The maximum absolute atomic E-state index is 13.0. The van der Waals surface area contributed by atoms with Crippen molar-refractivity contribution in [2.24, 2.45) is 4.99 Å². The Kier molecular flexibility index (Phi) is 7.23. The third kappa shape index (κ3) is 5.25. The molecule has 1 saturated heterocycles. The van der Waals surface area contributed by atoms with Crippen molar-refractivity contribution in [1.29, 1.82) is 0 Å². The van der Waals surface area contributed by atoms with Crippen molar-refractivity contribution in [3.8, 4) is 0 Å². The molecule has 1 aliphatic heterocycles. The Labute approximate surface area is 179 Å². The molecule has 0 radical (unpaired) electrons. The van der Waals surface area contributed by atoms with Gasteiger partial charge >= 0.3 is 0 Å². The number of benzene rings is 2. The van der Waals surface area contributed by atoms with Crippen LogP contribution in [0.1, 0.15) is 17.5 Å². The first-order chi connectivity index (χ1) is 14.4. The molecule has 0 bridgehead atoms. The molecule has 0 aromatic heterocycles. The number of nitrogens with one attached hydrogen (secondary N) is 1. The van der Waals surface area contributed by atoms with Crippen LogP contribution in [0, 0.1) is 19.7 Å². The molecule has 1 fully saturated rings. The molecule has 1 N–H and O–H groups in total. The van der Waals surface area contributed by atoms with Crippen LogP contribution in [-0.4, -0.2) is 47.4 Å². The number of thioether (sulfide) groups is 1. The van der Waals surface area contributed by atoms with Crippen molar-refractivity contribution < 1.29 is 18.7 Å². The van der Waals surface area contributed by atoms with E-state index in [1.165, 1.54) is 36.0 Å². The lowest BCUT2D eigenvalue weighted by molar-refractivity contribution is -0.128. The Morgan fingerprint density at radius 2 is 1.87 bits per heavy atom. The van der Waals surface area contributed by atoms with Crippen LogP contribution in [0.3, 0.4) is 0 Å². The lowest BCUT2D eigenvalue weighted by Crippen LogP contribution is -2.35. The van der Waals surface area contributed by atoms with Gasteiger partial charge in [0.15, 0.2) is 5.17 Å². The summed E-state index contributed by atoms with van der Waals surface area (Å²) in [4.78, 5) is 31.7. The van der Waals surface area contributed by atoms with Crippen LogP contribution in [-0.2, 0) is 14.3 Å². The summed E-state index contributed by atoms with van der Waals surface area (Å²) in [5.41, 5.74) is 3.34. The van der Waals surface area contributed by atoms with Crippen molar-refractivity contribution >= 4 is 40.1 Å². The predicted octanol–water partition coefficient (Wildman–Crippen LogP) is 4.05. The van der Waals surface area contributed by atoms with E-state index < -0.39 is 5.25 Å². The molecule has 158 valence electrons. The van der Waals surface area contributed by atoms with Gasteiger partial charge in [0.05, 0.1) is 18.8 Å². The second kappa shape index (κ2) is 9.86. The van der Waals surface area contributed by atoms with Gasteiger partial charge in [-0.3, -0.25) is 14.5 Å². The zero-order chi connectivity index (χ0) is 21.7. The molecule has 2 aromatic rings. The number of halogens is 1. The first-order valence-electron chi connectivity index (χ1n) is 9.56. The Bertz CT molecular complexity index is 942. The molecule has 0 spiro atoms. The number of hydrogen-bond donors (Lipinski definition) is 1. The van der Waals surface area contributed by atoms with E-state index in [0.717, 1.165) is 16.8 Å². The highest BCUT2D eigenvalue weighted by molar-refractivity contribution is 8.15. The van der Waals surface area contributed by atoms with Crippen LogP contribution in [0.5, 0.6) is 0 Å². The van der Waals surface area contributed by atoms with Crippen LogP contribution in [0.4, 0.5) is 15.8 Å². The number of carbonyl (C=O) groups excluding carboxylic acids is 2. The van der Waals surface area contributed by atoms with Crippen LogP contribution < -0.4 is 5.32 Å². The summed E-state index contributed by atoms with van der Waals surface area (Å²) >= 11 is 1.28. The number of methoxy groups -OCH3 is 1. The first kappa shape index (κ1) is 22.0. The summed E-state index contributed by atoms with van der Waals surface area (Å²) in [5.74, 6) is -0.862. The van der Waals surface area contributed by atoms with E-state index in [2.05, 4.69) is 5.32 Å². The molecule has 1 unspecified atom stereocenters. The molecule has 30 heavy (non-hydrogen) atoms. The molecule has 6 nitrogen and oxygen atoms in total. The third-order valence-corrected chi connectivity index (χ3v) is 5.86. The fourth-order valence-corrected chi connectivity index (χ4v) is 4.27. The van der Waals surface area contributed by atoms with Gasteiger partial charge in [-0.05, 0) is 49.2 Å². The number of amidine groups is 1. The Balaban J connectivity index is 1.77. The number of para-hydroxylation sites is 1. The molecule has 1 aliphatic rings. The quantitative estimate of drug-likeness (QED) is 0.721. The zero-order valence-corrected chi connectivity index (χ0v) is 18.0. The molecule has 2 amide bonds. The number of amides is 2. The molecule has 0 aliphatic carbocycles. The maximum atomic E-state index is 13.0. The van der Waals surface area contributed by atoms with Gasteiger partial charge in [0.1, 0.15) is 11.1 Å². The summed E-state index contributed by atoms with van der Waals surface area (Å²) in [6.45, 7) is 4.68. The fraction of sp³-hybridized carbons (Fsp3) is 0.318. The maximum Gasteiger partial charge on any atom is 0.242 e. The van der Waals surface area contributed by atoms with E-state index >= 15 is 0 Å². The van der Waals surface area contributed by atoms with Gasteiger partial charge in [-0.25, -0.2) is 9.38 Å². The highest BCUT2D eigenvalue weighted by Crippen LogP contribution is 2.33. The van der Waals surface area contributed by atoms with Crippen LogP contribution in [0.15, 0.2) is 47.5 Å². The molecule has 1 heterocycles. The second-order valence-electron chi connectivity index (χ2n) is 6.98. The minimum Gasteiger partial charge on any atom is -0.383 e. The van der Waals surface area contributed by atoms with Gasteiger partial charge in [0, 0.05) is 19.2 Å². The zero-order valence-electron chi connectivity index (χ0n) is 17.1. The van der Waals surface area contributed by atoms with E-state index in [4.69, 9.17) is 9.73 Å². The standard InChI is InChI=1S/C22H24FN3O3S/c1-14-5-4-6-15(2)20(14)25-22-26(11-12-29-3)21(28)18(30-22)13-19(27)24-17-9-7-16(23)8-10-17/h4-10,18H,11-13H2,1-3H3,(H,24,27). The van der Waals surface area contributed by atoms with Gasteiger partial charge in [-0.2, -0.15) is 0 Å². The van der Waals surface area contributed by atoms with Crippen molar-refractivity contribution in [2.45, 2.75) is 25.5 Å². The molecular formula is C22H24FN3O3S. The average Bonchev–Trinajstić information content (AvgIpc) is 2.99. The number of ether oxygens (including phenoxy) is 1. The van der Waals surface area contributed by atoms with Gasteiger partial charge < -0.3 is 10.1 Å². The third-order valence-electron chi connectivity index (χ3n) is 4.68. The van der Waals surface area contributed by atoms with E-state index in [1.54, 1.807) is 12.0 Å². The Morgan fingerprint density at radius 1 is 1.20 bits per heavy atom. The van der Waals surface area contributed by atoms with E-state index in [1.807, 2.05) is 32.0 Å². The number of aryl methyl sites for hydroxylation is 2. The lowest BCUT2D eigenvalue weighted by atomic mass is 10.1. The van der Waals surface area contributed by atoms with Crippen molar-refractivity contribution in [1.82, 2.24) is 4.90 Å². The summed E-state index contributed by atoms with van der Waals surface area (Å²) in [5, 5.41) is 2.69. The van der Waals surface area contributed by atoms with Crippen LogP contribution in [0.25, 0.3) is 0 Å². The first-order valence-corrected chi connectivity index (χ1v) is 10.4. The normalized spacial score (nSPS) is 17.6. The van der Waals surface area contributed by atoms with Crippen molar-refractivity contribution in [3.05, 3.63) is 59.4 Å². The number of anilines is 1. The predicted molar refractivity (Wildman–Crippen MR) is 118 cm³/mol. The van der Waals surface area contributed by atoms with Crippen LogP contribution in [0.2, 0.25) is 0 Å². The Morgan fingerprint density at radius 3 is 2.50 bits per heavy atom. The number of nitrogens with zero attached hydrogens (tertiary/aromatic N) is 2. The van der Waals surface area contributed by atoms with E-state index in [-0.39, 0.29) is 24.1 Å². The molecule has 1 atom stereocenters. The van der Waals surface area contributed by atoms with E-state index in [9.17, 15) is 14.0 Å². The summed E-state index contributed by atoms with van der Waals surface area (Å²) < 4.78 is 18.2. The van der Waals surface area contributed by atoms with Crippen molar-refractivity contribution in [3.63, 3.8) is 0 Å². The minimum absolute atomic E-state index is 0.00384. The number of hydrogen-bond acceptors (Lipinski definition) is 5. The lowest BCUT2D eigenvalue weighted by Gasteiger charge is -2.16. The van der Waals surface area contributed by atoms with E-state index in [0.29, 0.717) is 24.0 Å².